The lowest BCUT2D eigenvalue weighted by Gasteiger charge is -1.99. The molecule has 0 aromatic heterocycles. The Morgan fingerprint density at radius 2 is 2.22 bits per heavy atom. The van der Waals surface area contributed by atoms with E-state index in [9.17, 15) is 12.8 Å². The fourth-order valence-electron chi connectivity index (χ4n) is 0.375. The highest BCUT2D eigenvalue weighted by Gasteiger charge is 2.10. The summed E-state index contributed by atoms with van der Waals surface area (Å²) >= 11 is 0. The maximum Gasteiger partial charge on any atom is 0.334 e. The number of rotatable bonds is 0. The predicted molar refractivity (Wildman–Crippen MR) is 28.3 cm³/mol. The summed E-state index contributed by atoms with van der Waals surface area (Å²) in [4.78, 5) is 0. The zero-order valence-corrected chi connectivity index (χ0v) is 5.06. The van der Waals surface area contributed by atoms with Crippen molar-refractivity contribution in [1.82, 2.24) is 0 Å². The number of hydrogen-bond acceptors (Lipinski definition) is 3. The Hall–Kier alpha value is -0.840. The van der Waals surface area contributed by atoms with Gasteiger partial charge in [-0.15, -0.1) is 0 Å². The molecule has 1 rings (SSSR count). The molecule has 0 spiro atoms. The predicted octanol–water partition coefficient (Wildman–Crippen LogP) is 0.671. The maximum absolute atomic E-state index is 12.0. The Morgan fingerprint density at radius 1 is 1.56 bits per heavy atom. The maximum atomic E-state index is 12.0. The smallest absolute Gasteiger partial charge is 0.334 e. The van der Waals surface area contributed by atoms with E-state index < -0.39 is 15.9 Å². The zero-order chi connectivity index (χ0) is 6.91. The third kappa shape index (κ3) is 1.53. The molecule has 0 aromatic rings. The van der Waals surface area contributed by atoms with Gasteiger partial charge in [0.25, 0.3) is 0 Å². The molecule has 9 heavy (non-hydrogen) atoms. The van der Waals surface area contributed by atoms with Crippen molar-refractivity contribution < 1.29 is 17.0 Å². The highest BCUT2D eigenvalue weighted by Crippen LogP contribution is 2.10. The van der Waals surface area contributed by atoms with Crippen molar-refractivity contribution in [2.45, 2.75) is 0 Å². The molecule has 0 N–H and O–H groups in total. The second-order valence-corrected chi connectivity index (χ2v) is 2.81. The third-order valence-electron chi connectivity index (χ3n) is 0.674. The first kappa shape index (κ1) is 6.28. The summed E-state index contributed by atoms with van der Waals surface area (Å²) in [5.74, 6) is -0.818. The fourth-order valence-corrected chi connectivity index (χ4v) is 0.995. The molecule has 0 unspecified atom stereocenters. The van der Waals surface area contributed by atoms with E-state index in [4.69, 9.17) is 0 Å². The molecule has 1 aliphatic heterocycles. The molecule has 3 nitrogen and oxygen atoms in total. The largest absolute Gasteiger partial charge is 0.387 e. The molecule has 5 heteroatoms. The Kier molecular flexibility index (Phi) is 1.28. The van der Waals surface area contributed by atoms with Gasteiger partial charge in [-0.1, -0.05) is 0 Å². The van der Waals surface area contributed by atoms with E-state index in [-0.39, 0.29) is 0 Å². The normalized spacial score (nSPS) is 22.6. The quantitative estimate of drug-likeness (QED) is 0.477. The van der Waals surface area contributed by atoms with Crippen molar-refractivity contribution in [1.29, 1.82) is 0 Å². The highest BCUT2D eigenvalue weighted by atomic mass is 32.2. The van der Waals surface area contributed by atoms with Crippen molar-refractivity contribution >= 4 is 10.1 Å². The number of allylic oxidation sites excluding steroid dienone is 2. The summed E-state index contributed by atoms with van der Waals surface area (Å²) in [6.07, 6.45) is 1.70. The molecule has 0 bridgehead atoms. The van der Waals surface area contributed by atoms with Crippen LogP contribution in [0.1, 0.15) is 0 Å². The fraction of sp³-hybridized carbons (Fsp3) is 0. The first-order valence-corrected chi connectivity index (χ1v) is 3.54. The van der Waals surface area contributed by atoms with E-state index >= 15 is 0 Å². The van der Waals surface area contributed by atoms with Crippen molar-refractivity contribution in [2.24, 2.45) is 0 Å². The minimum absolute atomic E-state index is 0.410. The van der Waals surface area contributed by atoms with Gasteiger partial charge in [0.15, 0.2) is 0 Å². The van der Waals surface area contributed by atoms with Crippen LogP contribution in [0.15, 0.2) is 23.6 Å². The molecule has 1 aliphatic rings. The van der Waals surface area contributed by atoms with E-state index in [1.54, 1.807) is 0 Å². The van der Waals surface area contributed by atoms with Crippen LogP contribution in [-0.2, 0) is 14.3 Å². The number of halogens is 1. The van der Waals surface area contributed by atoms with Crippen LogP contribution in [-0.4, -0.2) is 8.42 Å². The van der Waals surface area contributed by atoms with Crippen molar-refractivity contribution in [2.75, 3.05) is 0 Å². The van der Waals surface area contributed by atoms with Crippen LogP contribution >= 0.6 is 0 Å². The molecular formula is C4H3FO3S. The molecule has 0 aromatic carbocycles. The second kappa shape index (κ2) is 1.84. The van der Waals surface area contributed by atoms with Crippen LogP contribution in [0, 0.1) is 0 Å². The third-order valence-corrected chi connectivity index (χ3v) is 1.57. The first-order chi connectivity index (χ1) is 4.10. The van der Waals surface area contributed by atoms with Gasteiger partial charge in [0, 0.05) is 6.08 Å². The topological polar surface area (TPSA) is 43.4 Å². The van der Waals surface area contributed by atoms with Crippen molar-refractivity contribution in [3.05, 3.63) is 23.6 Å². The van der Waals surface area contributed by atoms with Gasteiger partial charge >= 0.3 is 10.1 Å². The van der Waals surface area contributed by atoms with Gasteiger partial charge in [-0.05, 0) is 0 Å². The van der Waals surface area contributed by atoms with Crippen molar-refractivity contribution in [3.63, 3.8) is 0 Å². The highest BCUT2D eigenvalue weighted by molar-refractivity contribution is 7.89. The van der Waals surface area contributed by atoms with E-state index in [2.05, 4.69) is 4.18 Å². The van der Waals surface area contributed by atoms with Gasteiger partial charge in [-0.25, -0.2) is 4.39 Å². The molecule has 0 fully saturated rings. The van der Waals surface area contributed by atoms with Crippen LogP contribution < -0.4 is 0 Å². The van der Waals surface area contributed by atoms with Crippen molar-refractivity contribution in [3.8, 4) is 0 Å². The van der Waals surface area contributed by atoms with Gasteiger partial charge in [-0.2, -0.15) is 8.42 Å². The first-order valence-electron chi connectivity index (χ1n) is 2.07. The Morgan fingerprint density at radius 3 is 2.56 bits per heavy atom. The Balaban J connectivity index is 3.06. The van der Waals surface area contributed by atoms with Crippen LogP contribution in [0.4, 0.5) is 4.39 Å². The summed E-state index contributed by atoms with van der Waals surface area (Å²) in [7, 11) is -3.76. The SMILES string of the molecule is O=S1(=O)C=C(F)C=CO1. The van der Waals surface area contributed by atoms with Crippen LogP contribution in [0.2, 0.25) is 0 Å². The molecule has 0 saturated heterocycles. The zero-order valence-electron chi connectivity index (χ0n) is 4.24. The van der Waals surface area contributed by atoms with Gasteiger partial charge in [0.2, 0.25) is 0 Å². The molecule has 50 valence electrons. The van der Waals surface area contributed by atoms with Gasteiger partial charge in [-0.3, -0.25) is 0 Å². The van der Waals surface area contributed by atoms with Gasteiger partial charge in [0.1, 0.15) is 17.5 Å². The summed E-state index contributed by atoms with van der Waals surface area (Å²) < 4.78 is 36.5. The average Bonchev–Trinajstić information content (AvgIpc) is 1.60. The number of hydrogen-bond donors (Lipinski definition) is 0. The summed E-state index contributed by atoms with van der Waals surface area (Å²) in [5, 5.41) is 0.410. The van der Waals surface area contributed by atoms with E-state index in [1.165, 1.54) is 0 Å². The summed E-state index contributed by atoms with van der Waals surface area (Å²) in [6, 6.07) is 0. The van der Waals surface area contributed by atoms with E-state index in [0.29, 0.717) is 5.41 Å². The molecule has 0 radical (unpaired) electrons. The summed E-state index contributed by atoms with van der Waals surface area (Å²) in [5.41, 5.74) is 0. The molecule has 0 saturated carbocycles. The lowest BCUT2D eigenvalue weighted by atomic mass is 10.6. The average molecular weight is 150 g/mol. The van der Waals surface area contributed by atoms with Gasteiger partial charge in [0.05, 0.1) is 0 Å². The Bertz CT molecular complexity index is 262. The molecule has 1 heterocycles. The van der Waals surface area contributed by atoms with Crippen LogP contribution in [0.25, 0.3) is 0 Å². The summed E-state index contributed by atoms with van der Waals surface area (Å²) in [6.45, 7) is 0. The van der Waals surface area contributed by atoms with Crippen LogP contribution in [0.5, 0.6) is 0 Å². The lowest BCUT2D eigenvalue weighted by Crippen LogP contribution is -1.99. The lowest BCUT2D eigenvalue weighted by molar-refractivity contribution is 0.445. The molecule has 0 atom stereocenters. The molecular weight excluding hydrogens is 147 g/mol. The van der Waals surface area contributed by atoms with E-state index in [0.717, 1.165) is 12.3 Å². The molecule has 0 amide bonds. The van der Waals surface area contributed by atoms with E-state index in [1.807, 2.05) is 0 Å². The second-order valence-electron chi connectivity index (χ2n) is 1.39. The molecule has 0 aliphatic carbocycles. The van der Waals surface area contributed by atoms with Crippen LogP contribution in [0.3, 0.4) is 0 Å². The monoisotopic (exact) mass is 150 g/mol. The van der Waals surface area contributed by atoms with Gasteiger partial charge < -0.3 is 4.18 Å². The standard InChI is InChI=1S/C4H3FO3S/c5-4-1-2-8-9(6,7)3-4/h1-3H. The Labute approximate surface area is 51.6 Å². The minimum atomic E-state index is -3.76. The minimum Gasteiger partial charge on any atom is -0.387 e.